The summed E-state index contributed by atoms with van der Waals surface area (Å²) in [6.07, 6.45) is 0.381. The van der Waals surface area contributed by atoms with Crippen LogP contribution in [0.2, 0.25) is 0 Å². The molecule has 188 valence electrons. The van der Waals surface area contributed by atoms with E-state index in [1.54, 1.807) is 6.07 Å². The van der Waals surface area contributed by atoms with Crippen molar-refractivity contribution in [3.05, 3.63) is 58.4 Å². The molecule has 0 atom stereocenters. The van der Waals surface area contributed by atoms with Crippen LogP contribution in [-0.4, -0.2) is 64.7 Å². The number of rotatable bonds is 9. The van der Waals surface area contributed by atoms with E-state index in [0.29, 0.717) is 30.2 Å². The number of carbonyl (C=O) groups excluding carboxylic acids is 1. The van der Waals surface area contributed by atoms with E-state index in [1.807, 2.05) is 48.0 Å². The molecule has 2 aromatic carbocycles. The molecule has 13 heteroatoms. The van der Waals surface area contributed by atoms with Crippen molar-refractivity contribution < 1.29 is 17.9 Å². The summed E-state index contributed by atoms with van der Waals surface area (Å²) in [4.78, 5) is 31.5. The van der Waals surface area contributed by atoms with Gasteiger partial charge in [-0.2, -0.15) is 12.7 Å². The van der Waals surface area contributed by atoms with Gasteiger partial charge in [-0.3, -0.25) is 9.59 Å². The van der Waals surface area contributed by atoms with E-state index in [0.717, 1.165) is 21.0 Å². The fraction of sp³-hybridized carbons (Fsp3) is 0.261. The van der Waals surface area contributed by atoms with Crippen LogP contribution in [0.5, 0.6) is 5.75 Å². The molecule has 0 aliphatic carbocycles. The first kappa shape index (κ1) is 25.0. The Hall–Kier alpha value is -4.10. The van der Waals surface area contributed by atoms with Gasteiger partial charge in [-0.25, -0.2) is 14.8 Å². The number of aryl methyl sites for hydroxylation is 1. The van der Waals surface area contributed by atoms with Crippen LogP contribution >= 0.6 is 0 Å². The molecule has 0 fully saturated rings. The lowest BCUT2D eigenvalue weighted by molar-refractivity contribution is -0.119. The van der Waals surface area contributed by atoms with E-state index in [1.165, 1.54) is 14.1 Å². The zero-order chi connectivity index (χ0) is 25.9. The fourth-order valence-electron chi connectivity index (χ4n) is 3.51. The molecule has 36 heavy (non-hydrogen) atoms. The van der Waals surface area contributed by atoms with Gasteiger partial charge in [0.2, 0.25) is 5.91 Å². The minimum atomic E-state index is -3.82. The molecular weight excluding hydrogens is 486 g/mol. The first-order valence-corrected chi connectivity index (χ1v) is 12.5. The molecule has 2 heterocycles. The quantitative estimate of drug-likeness (QED) is 0.305. The van der Waals surface area contributed by atoms with E-state index in [-0.39, 0.29) is 17.6 Å². The van der Waals surface area contributed by atoms with E-state index in [9.17, 15) is 18.0 Å². The summed E-state index contributed by atoms with van der Waals surface area (Å²) in [6, 6.07) is 13.1. The number of H-pyrrole nitrogens is 2. The van der Waals surface area contributed by atoms with Crippen molar-refractivity contribution in [2.24, 2.45) is 0 Å². The molecule has 0 aliphatic rings. The number of aromatic nitrogens is 5. The molecule has 0 spiro atoms. The topological polar surface area (TPSA) is 163 Å². The Morgan fingerprint density at radius 1 is 1.14 bits per heavy atom. The fourth-order valence-corrected chi connectivity index (χ4v) is 4.08. The minimum absolute atomic E-state index is 0.0175. The van der Waals surface area contributed by atoms with Crippen molar-refractivity contribution in [3.8, 4) is 28.3 Å². The van der Waals surface area contributed by atoms with Crippen LogP contribution < -0.4 is 15.0 Å². The van der Waals surface area contributed by atoms with E-state index >= 15 is 0 Å². The van der Waals surface area contributed by atoms with E-state index in [2.05, 4.69) is 25.4 Å². The van der Waals surface area contributed by atoms with Gasteiger partial charge in [0.15, 0.2) is 11.2 Å². The maximum atomic E-state index is 12.3. The second-order valence-electron chi connectivity index (χ2n) is 8.08. The highest BCUT2D eigenvalue weighted by molar-refractivity contribution is 7.87. The smallest absolute Gasteiger partial charge is 0.303 e. The third-order valence-electron chi connectivity index (χ3n) is 5.36. The third-order valence-corrected chi connectivity index (χ3v) is 6.81. The summed E-state index contributed by atoms with van der Waals surface area (Å²) in [5, 5.41) is 9.95. The second kappa shape index (κ2) is 10.3. The summed E-state index contributed by atoms with van der Waals surface area (Å²) >= 11 is 0. The summed E-state index contributed by atoms with van der Waals surface area (Å²) in [5.41, 5.74) is 3.20. The standard InChI is InChI=1S/C23H25N7O5S/c1-4-35-18-13-16(9-10-17(18)21-24-22-20(23(32)25-21)26-29-27-22)15-7-5-6-14(12-15)8-11-19(31)28-36(33,34)30(2)3/h5-7,9-10,12-13H,4,8,11H2,1-3H3,(H,28,31)(H2,24,25,26,27,29,32). The molecule has 0 saturated carbocycles. The maximum Gasteiger partial charge on any atom is 0.303 e. The van der Waals surface area contributed by atoms with Crippen LogP contribution in [0.15, 0.2) is 47.3 Å². The van der Waals surface area contributed by atoms with Crippen molar-refractivity contribution in [1.82, 2.24) is 34.4 Å². The van der Waals surface area contributed by atoms with Gasteiger partial charge in [-0.15, -0.1) is 5.10 Å². The van der Waals surface area contributed by atoms with Crippen LogP contribution in [0.4, 0.5) is 0 Å². The first-order chi connectivity index (χ1) is 17.2. The summed E-state index contributed by atoms with van der Waals surface area (Å²) < 4.78 is 32.5. The van der Waals surface area contributed by atoms with E-state index in [4.69, 9.17) is 4.74 Å². The molecule has 12 nitrogen and oxygen atoms in total. The molecule has 0 bridgehead atoms. The maximum absolute atomic E-state index is 12.3. The number of nitrogens with one attached hydrogen (secondary N) is 3. The van der Waals surface area contributed by atoms with Gasteiger partial charge in [0.25, 0.3) is 5.56 Å². The van der Waals surface area contributed by atoms with Crippen LogP contribution in [0, 0.1) is 0 Å². The van der Waals surface area contributed by atoms with Crippen LogP contribution in [0.1, 0.15) is 18.9 Å². The van der Waals surface area contributed by atoms with Crippen molar-refractivity contribution in [2.75, 3.05) is 20.7 Å². The predicted molar refractivity (Wildman–Crippen MR) is 133 cm³/mol. The van der Waals surface area contributed by atoms with Crippen molar-refractivity contribution in [2.45, 2.75) is 19.8 Å². The Labute approximate surface area is 206 Å². The van der Waals surface area contributed by atoms with Crippen molar-refractivity contribution in [3.63, 3.8) is 0 Å². The average molecular weight is 512 g/mol. The van der Waals surface area contributed by atoms with E-state index < -0.39 is 21.7 Å². The van der Waals surface area contributed by atoms with Crippen LogP contribution in [-0.2, 0) is 21.4 Å². The molecule has 1 amide bonds. The Bertz CT molecular complexity index is 1580. The number of aromatic amines is 2. The predicted octanol–water partition coefficient (Wildman–Crippen LogP) is 1.63. The number of amides is 1. The Balaban J connectivity index is 1.58. The van der Waals surface area contributed by atoms with Gasteiger partial charge in [-0.05, 0) is 42.2 Å². The average Bonchev–Trinajstić information content (AvgIpc) is 3.32. The normalized spacial score (nSPS) is 11.7. The highest BCUT2D eigenvalue weighted by Crippen LogP contribution is 2.33. The summed E-state index contributed by atoms with van der Waals surface area (Å²) in [5.74, 6) is 0.271. The third kappa shape index (κ3) is 5.42. The van der Waals surface area contributed by atoms with Gasteiger partial charge in [0, 0.05) is 20.5 Å². The zero-order valence-corrected chi connectivity index (χ0v) is 20.7. The number of carbonyl (C=O) groups is 1. The van der Waals surface area contributed by atoms with Gasteiger partial charge in [-0.1, -0.05) is 35.5 Å². The van der Waals surface area contributed by atoms with Gasteiger partial charge >= 0.3 is 10.2 Å². The first-order valence-electron chi connectivity index (χ1n) is 11.1. The van der Waals surface area contributed by atoms with Gasteiger partial charge in [0.1, 0.15) is 11.6 Å². The molecule has 0 aliphatic heterocycles. The largest absolute Gasteiger partial charge is 0.493 e. The Morgan fingerprint density at radius 2 is 1.92 bits per heavy atom. The number of hydrogen-bond donors (Lipinski definition) is 3. The number of nitrogens with zero attached hydrogens (tertiary/aromatic N) is 4. The van der Waals surface area contributed by atoms with Crippen molar-refractivity contribution in [1.29, 1.82) is 0 Å². The highest BCUT2D eigenvalue weighted by atomic mass is 32.2. The number of hydrogen-bond acceptors (Lipinski definition) is 8. The van der Waals surface area contributed by atoms with Gasteiger partial charge in [0.05, 0.1) is 12.2 Å². The lowest BCUT2D eigenvalue weighted by atomic mass is 9.99. The molecule has 2 aromatic heterocycles. The monoisotopic (exact) mass is 511 g/mol. The van der Waals surface area contributed by atoms with Crippen LogP contribution in [0.3, 0.4) is 0 Å². The molecule has 4 aromatic rings. The Morgan fingerprint density at radius 3 is 2.67 bits per heavy atom. The summed E-state index contributed by atoms with van der Waals surface area (Å²) in [7, 11) is -1.12. The Kier molecular flexibility index (Phi) is 7.12. The SMILES string of the molecule is CCOc1cc(-c2cccc(CCC(=O)NS(=O)(=O)N(C)C)c2)ccc1-c1nc2[nH]nnc2c(=O)[nH]1. The molecular formula is C23H25N7O5S. The number of benzene rings is 2. The van der Waals surface area contributed by atoms with Crippen LogP contribution in [0.25, 0.3) is 33.7 Å². The molecule has 4 rings (SSSR count). The zero-order valence-electron chi connectivity index (χ0n) is 19.9. The molecule has 0 saturated heterocycles. The highest BCUT2D eigenvalue weighted by Gasteiger charge is 2.17. The molecule has 3 N–H and O–H groups in total. The summed E-state index contributed by atoms with van der Waals surface area (Å²) in [6.45, 7) is 2.26. The number of fused-ring (bicyclic) bond motifs is 1. The molecule has 0 unspecified atom stereocenters. The minimum Gasteiger partial charge on any atom is -0.493 e. The lowest BCUT2D eigenvalue weighted by Gasteiger charge is -2.13. The lowest BCUT2D eigenvalue weighted by Crippen LogP contribution is -2.39. The molecule has 0 radical (unpaired) electrons. The van der Waals surface area contributed by atoms with Crippen molar-refractivity contribution >= 4 is 27.3 Å². The number of ether oxygens (including phenoxy) is 1. The second-order valence-corrected chi connectivity index (χ2v) is 9.97. The van der Waals surface area contributed by atoms with Gasteiger partial charge < -0.3 is 9.72 Å².